The van der Waals surface area contributed by atoms with E-state index in [2.05, 4.69) is 4.98 Å². The minimum absolute atomic E-state index is 0.595. The van der Waals surface area contributed by atoms with Crippen LogP contribution in [0.5, 0.6) is 5.88 Å². The molecule has 5 heteroatoms. The lowest BCUT2D eigenvalue weighted by atomic mass is 10.1. The highest BCUT2D eigenvalue weighted by molar-refractivity contribution is 6.49. The molecule has 2 rings (SSSR count). The van der Waals surface area contributed by atoms with Crippen molar-refractivity contribution in [1.29, 1.82) is 0 Å². The lowest BCUT2D eigenvalue weighted by molar-refractivity contribution is 0.398. The number of ether oxygens (including phenoxy) is 1. The molecule has 1 aromatic heterocycles. The summed E-state index contributed by atoms with van der Waals surface area (Å²) in [5.74, 6) is 0.595. The van der Waals surface area contributed by atoms with Gasteiger partial charge in [0.25, 0.3) is 0 Å². The maximum absolute atomic E-state index is 5.61. The molecule has 0 aliphatic heterocycles. The van der Waals surface area contributed by atoms with Crippen LogP contribution in [-0.2, 0) is 0 Å². The standard InChI is InChI=1S/C12H10Cl2N2O/c1-17-12-7-4-10(8-15-12)9-2-5-11(6-3-9)16(13)14/h2-8H,1H3. The van der Waals surface area contributed by atoms with Gasteiger partial charge in [-0.3, -0.25) is 0 Å². The molecule has 0 N–H and O–H groups in total. The third kappa shape index (κ3) is 2.81. The van der Waals surface area contributed by atoms with E-state index < -0.39 is 0 Å². The molecule has 0 amide bonds. The number of nitrogens with zero attached hydrogens (tertiary/aromatic N) is 2. The topological polar surface area (TPSA) is 25.4 Å². The molecule has 1 heterocycles. The zero-order valence-electron chi connectivity index (χ0n) is 9.10. The van der Waals surface area contributed by atoms with E-state index in [9.17, 15) is 0 Å². The number of hydrogen-bond donors (Lipinski definition) is 0. The summed E-state index contributed by atoms with van der Waals surface area (Å²) in [6.45, 7) is 0. The molecule has 0 bridgehead atoms. The van der Waals surface area contributed by atoms with Gasteiger partial charge < -0.3 is 4.74 Å². The molecule has 2 aromatic rings. The lowest BCUT2D eigenvalue weighted by Crippen LogP contribution is -1.91. The fourth-order valence-corrected chi connectivity index (χ4v) is 1.66. The summed E-state index contributed by atoms with van der Waals surface area (Å²) in [4.78, 5) is 4.15. The number of benzene rings is 1. The maximum atomic E-state index is 5.61. The van der Waals surface area contributed by atoms with Gasteiger partial charge in [0.1, 0.15) is 0 Å². The monoisotopic (exact) mass is 268 g/mol. The molecule has 0 saturated heterocycles. The van der Waals surface area contributed by atoms with Crippen LogP contribution >= 0.6 is 23.6 Å². The minimum atomic E-state index is 0.595. The minimum Gasteiger partial charge on any atom is -0.481 e. The Balaban J connectivity index is 2.26. The van der Waals surface area contributed by atoms with Gasteiger partial charge in [0, 0.05) is 41.4 Å². The summed E-state index contributed by atoms with van der Waals surface area (Å²) in [6.07, 6.45) is 1.76. The van der Waals surface area contributed by atoms with Crippen molar-refractivity contribution in [3.05, 3.63) is 42.6 Å². The van der Waals surface area contributed by atoms with E-state index in [0.29, 0.717) is 5.88 Å². The van der Waals surface area contributed by atoms with Crippen molar-refractivity contribution in [3.63, 3.8) is 0 Å². The summed E-state index contributed by atoms with van der Waals surface area (Å²) in [7, 11) is 1.59. The average Bonchev–Trinajstić information content (AvgIpc) is 2.39. The van der Waals surface area contributed by atoms with Gasteiger partial charge in [-0.05, 0) is 23.8 Å². The van der Waals surface area contributed by atoms with E-state index in [4.69, 9.17) is 28.3 Å². The molecule has 0 radical (unpaired) electrons. The number of anilines is 1. The molecule has 0 spiro atoms. The Bertz CT molecular complexity index is 483. The first-order chi connectivity index (χ1) is 8.20. The third-order valence-corrected chi connectivity index (χ3v) is 2.73. The number of halogens is 2. The van der Waals surface area contributed by atoms with Crippen LogP contribution in [0.4, 0.5) is 5.69 Å². The second kappa shape index (κ2) is 5.25. The van der Waals surface area contributed by atoms with Crippen molar-refractivity contribution in [1.82, 2.24) is 4.98 Å². The van der Waals surface area contributed by atoms with Crippen molar-refractivity contribution >= 4 is 29.2 Å². The predicted molar refractivity (Wildman–Crippen MR) is 70.4 cm³/mol. The zero-order valence-corrected chi connectivity index (χ0v) is 10.6. The normalized spacial score (nSPS) is 10.1. The van der Waals surface area contributed by atoms with Crippen molar-refractivity contribution < 1.29 is 4.74 Å². The maximum Gasteiger partial charge on any atom is 0.212 e. The molecule has 0 aliphatic rings. The van der Waals surface area contributed by atoms with Gasteiger partial charge in [-0.25, -0.2) is 4.98 Å². The van der Waals surface area contributed by atoms with Crippen molar-refractivity contribution in [2.75, 3.05) is 11.0 Å². The molecule has 0 unspecified atom stereocenters. The Labute approximate surface area is 110 Å². The van der Waals surface area contributed by atoms with Crippen LogP contribution < -0.4 is 8.67 Å². The van der Waals surface area contributed by atoms with Gasteiger partial charge in [-0.15, -0.1) is 0 Å². The Morgan fingerprint density at radius 2 is 1.65 bits per heavy atom. The van der Waals surface area contributed by atoms with Crippen LogP contribution in [0.2, 0.25) is 0 Å². The highest BCUT2D eigenvalue weighted by atomic mass is 35.5. The second-order valence-electron chi connectivity index (χ2n) is 3.37. The van der Waals surface area contributed by atoms with E-state index in [1.54, 1.807) is 13.3 Å². The zero-order chi connectivity index (χ0) is 12.3. The quantitative estimate of drug-likeness (QED) is 0.791. The molecule has 17 heavy (non-hydrogen) atoms. The highest BCUT2D eigenvalue weighted by Gasteiger charge is 2.02. The average molecular weight is 269 g/mol. The number of rotatable bonds is 3. The summed E-state index contributed by atoms with van der Waals surface area (Å²) in [6, 6.07) is 11.3. The predicted octanol–water partition coefficient (Wildman–Crippen LogP) is 3.87. The lowest BCUT2D eigenvalue weighted by Gasteiger charge is -2.07. The van der Waals surface area contributed by atoms with Gasteiger partial charge in [0.05, 0.1) is 12.8 Å². The molecule has 88 valence electrons. The largest absolute Gasteiger partial charge is 0.481 e. The summed E-state index contributed by atoms with van der Waals surface area (Å²) in [5.41, 5.74) is 2.77. The van der Waals surface area contributed by atoms with Crippen LogP contribution in [0, 0.1) is 0 Å². The summed E-state index contributed by atoms with van der Waals surface area (Å²) >= 11 is 11.2. The third-order valence-electron chi connectivity index (χ3n) is 2.34. The van der Waals surface area contributed by atoms with Crippen LogP contribution in [-0.4, -0.2) is 12.1 Å². The molecular weight excluding hydrogens is 259 g/mol. The van der Waals surface area contributed by atoms with Crippen molar-refractivity contribution in [2.24, 2.45) is 0 Å². The molecule has 0 aliphatic carbocycles. The highest BCUT2D eigenvalue weighted by Crippen LogP contribution is 2.25. The summed E-state index contributed by atoms with van der Waals surface area (Å²) < 4.78 is 6.03. The number of pyridine rings is 1. The summed E-state index contributed by atoms with van der Waals surface area (Å²) in [5, 5.41) is 0. The van der Waals surface area contributed by atoms with E-state index in [1.807, 2.05) is 36.4 Å². The van der Waals surface area contributed by atoms with E-state index >= 15 is 0 Å². The number of methoxy groups -OCH3 is 1. The van der Waals surface area contributed by atoms with Crippen molar-refractivity contribution in [3.8, 4) is 17.0 Å². The molecule has 0 saturated carbocycles. The molecule has 0 fully saturated rings. The first-order valence-electron chi connectivity index (χ1n) is 4.93. The van der Waals surface area contributed by atoms with Crippen LogP contribution in [0.1, 0.15) is 0 Å². The molecule has 3 nitrogen and oxygen atoms in total. The molecule has 0 atom stereocenters. The van der Waals surface area contributed by atoms with Gasteiger partial charge in [-0.1, -0.05) is 12.1 Å². The molecule has 1 aromatic carbocycles. The smallest absolute Gasteiger partial charge is 0.212 e. The van der Waals surface area contributed by atoms with E-state index in [-0.39, 0.29) is 0 Å². The van der Waals surface area contributed by atoms with Crippen LogP contribution in [0.25, 0.3) is 11.1 Å². The van der Waals surface area contributed by atoms with Gasteiger partial charge >= 0.3 is 0 Å². The number of aromatic nitrogens is 1. The first-order valence-corrected chi connectivity index (χ1v) is 5.60. The van der Waals surface area contributed by atoms with E-state index in [0.717, 1.165) is 20.8 Å². The SMILES string of the molecule is COc1ccc(-c2ccc(N(Cl)Cl)cc2)cn1. The van der Waals surface area contributed by atoms with Crippen molar-refractivity contribution in [2.45, 2.75) is 0 Å². The Hall–Kier alpha value is -1.45. The van der Waals surface area contributed by atoms with Gasteiger partial charge in [-0.2, -0.15) is 3.94 Å². The van der Waals surface area contributed by atoms with Crippen LogP contribution in [0.15, 0.2) is 42.6 Å². The van der Waals surface area contributed by atoms with Crippen LogP contribution in [0.3, 0.4) is 0 Å². The first kappa shape index (κ1) is 12.0. The van der Waals surface area contributed by atoms with E-state index in [1.165, 1.54) is 0 Å². The fraction of sp³-hybridized carbons (Fsp3) is 0.0833. The molecular formula is C12H10Cl2N2O. The fourth-order valence-electron chi connectivity index (χ4n) is 1.44. The van der Waals surface area contributed by atoms with Gasteiger partial charge in [0.2, 0.25) is 5.88 Å². The second-order valence-corrected chi connectivity index (χ2v) is 4.22. The van der Waals surface area contributed by atoms with Gasteiger partial charge in [0.15, 0.2) is 0 Å². The number of hydrogen-bond acceptors (Lipinski definition) is 3. The Morgan fingerprint density at radius 1 is 1.00 bits per heavy atom. The Morgan fingerprint density at radius 3 is 2.12 bits per heavy atom. The Kier molecular flexibility index (Phi) is 3.71.